The van der Waals surface area contributed by atoms with E-state index in [4.69, 9.17) is 9.47 Å². The van der Waals surface area contributed by atoms with Crippen LogP contribution in [0.4, 0.5) is 34.1 Å². The molecule has 232 valence electrons. The Morgan fingerprint density at radius 3 is 2.31 bits per heavy atom. The number of non-ortho nitro benzene ring substituents is 1. The first-order valence-electron chi connectivity index (χ1n) is 13.2. The van der Waals surface area contributed by atoms with Gasteiger partial charge < -0.3 is 19.7 Å². The number of carbonyl (C=O) groups excluding carboxylic acids is 3. The highest BCUT2D eigenvalue weighted by atomic mass is 16.6. The molecule has 16 heteroatoms. The summed E-state index contributed by atoms with van der Waals surface area (Å²) in [6.07, 6.45) is -0.0963. The number of methoxy groups -OCH3 is 1. The lowest BCUT2D eigenvalue weighted by atomic mass is 10.1. The van der Waals surface area contributed by atoms with E-state index < -0.39 is 44.3 Å². The lowest BCUT2D eigenvalue weighted by molar-refractivity contribution is -0.393. The Morgan fingerprint density at radius 2 is 1.73 bits per heavy atom. The number of nitriles is 1. The molecule has 0 aliphatic rings. The molecule has 1 N–H and O–H groups in total. The molecular weight excluding hydrogens is 590 g/mol. The van der Waals surface area contributed by atoms with Crippen molar-refractivity contribution >= 4 is 51.8 Å². The minimum absolute atomic E-state index is 0.0251. The minimum Gasteiger partial charge on any atom is -0.494 e. The van der Waals surface area contributed by atoms with Gasteiger partial charge in [-0.05, 0) is 18.6 Å². The van der Waals surface area contributed by atoms with Crippen molar-refractivity contribution in [3.05, 3.63) is 86.0 Å². The SMILES string of the molecule is COc1cc(N=Nc2c(C#N)cc([N+](=O)[O-])cc2[N+](=O)[O-])c(NC(C)=O)cc1N(CCC(=O)OCC(C)=O)Cc1ccccc1. The molecule has 0 atom stereocenters. The second-order valence-electron chi connectivity index (χ2n) is 9.43. The van der Waals surface area contributed by atoms with E-state index in [9.17, 15) is 39.9 Å². The molecule has 0 radical (unpaired) electrons. The number of anilines is 2. The number of ether oxygens (including phenoxy) is 2. The molecular formula is C29H27N7O9. The predicted molar refractivity (Wildman–Crippen MR) is 160 cm³/mol. The highest BCUT2D eigenvalue weighted by Gasteiger charge is 2.25. The van der Waals surface area contributed by atoms with Gasteiger partial charge in [-0.3, -0.25) is 34.6 Å². The highest BCUT2D eigenvalue weighted by Crippen LogP contribution is 2.42. The number of hydrogen-bond acceptors (Lipinski definition) is 13. The molecule has 0 unspecified atom stereocenters. The summed E-state index contributed by atoms with van der Waals surface area (Å²) in [4.78, 5) is 58.6. The third kappa shape index (κ3) is 9.12. The zero-order valence-electron chi connectivity index (χ0n) is 24.4. The van der Waals surface area contributed by atoms with Crippen LogP contribution < -0.4 is 15.0 Å². The number of nitrogens with one attached hydrogen (secondary N) is 1. The summed E-state index contributed by atoms with van der Waals surface area (Å²) in [7, 11) is 1.37. The zero-order valence-corrected chi connectivity index (χ0v) is 24.4. The highest BCUT2D eigenvalue weighted by molar-refractivity contribution is 5.94. The van der Waals surface area contributed by atoms with Crippen LogP contribution in [0.25, 0.3) is 0 Å². The number of carbonyl (C=O) groups is 3. The normalized spacial score (nSPS) is 10.5. The van der Waals surface area contributed by atoms with Crippen molar-refractivity contribution in [1.82, 2.24) is 0 Å². The third-order valence-electron chi connectivity index (χ3n) is 6.05. The summed E-state index contributed by atoms with van der Waals surface area (Å²) >= 11 is 0. The predicted octanol–water partition coefficient (Wildman–Crippen LogP) is 5.29. The molecule has 3 aromatic carbocycles. The first-order valence-corrected chi connectivity index (χ1v) is 13.2. The molecule has 0 saturated carbocycles. The average molecular weight is 618 g/mol. The minimum atomic E-state index is -0.927. The van der Waals surface area contributed by atoms with Gasteiger partial charge in [-0.15, -0.1) is 10.2 Å². The van der Waals surface area contributed by atoms with Gasteiger partial charge in [-0.25, -0.2) is 0 Å². The Balaban J connectivity index is 2.12. The summed E-state index contributed by atoms with van der Waals surface area (Å²) in [6.45, 7) is 2.59. The summed E-state index contributed by atoms with van der Waals surface area (Å²) in [5, 5.41) is 43.0. The van der Waals surface area contributed by atoms with E-state index in [1.54, 1.807) is 11.0 Å². The van der Waals surface area contributed by atoms with Crippen LogP contribution in [-0.4, -0.2) is 47.8 Å². The number of nitro groups is 2. The Kier molecular flexibility index (Phi) is 11.3. The van der Waals surface area contributed by atoms with Gasteiger partial charge in [0.05, 0.1) is 46.4 Å². The van der Waals surface area contributed by atoms with Crippen LogP contribution in [0.1, 0.15) is 31.4 Å². The molecule has 0 spiro atoms. The van der Waals surface area contributed by atoms with E-state index in [1.165, 1.54) is 33.1 Å². The fraction of sp³-hybridized carbons (Fsp3) is 0.241. The van der Waals surface area contributed by atoms with Gasteiger partial charge in [0, 0.05) is 32.1 Å². The number of hydrogen-bond donors (Lipinski definition) is 1. The molecule has 0 aliphatic carbocycles. The lowest BCUT2D eigenvalue weighted by Gasteiger charge is -2.27. The summed E-state index contributed by atoms with van der Waals surface area (Å²) in [5.41, 5.74) is -1.12. The molecule has 45 heavy (non-hydrogen) atoms. The van der Waals surface area contributed by atoms with Crippen LogP contribution in [0.3, 0.4) is 0 Å². The number of azo groups is 1. The third-order valence-corrected chi connectivity index (χ3v) is 6.05. The lowest BCUT2D eigenvalue weighted by Crippen LogP contribution is -2.27. The molecule has 0 aliphatic heterocycles. The van der Waals surface area contributed by atoms with E-state index in [-0.39, 0.29) is 49.0 Å². The molecule has 0 bridgehead atoms. The molecule has 0 fully saturated rings. The number of amides is 1. The van der Waals surface area contributed by atoms with Crippen LogP contribution in [0, 0.1) is 31.6 Å². The topological polar surface area (TPSA) is 220 Å². The van der Waals surface area contributed by atoms with Crippen molar-refractivity contribution in [3.8, 4) is 11.8 Å². The maximum absolute atomic E-state index is 12.3. The fourth-order valence-corrected chi connectivity index (χ4v) is 4.05. The van der Waals surface area contributed by atoms with Gasteiger partial charge in [-0.1, -0.05) is 30.3 Å². The first-order chi connectivity index (χ1) is 21.4. The zero-order chi connectivity index (χ0) is 33.1. The van der Waals surface area contributed by atoms with Gasteiger partial charge in [-0.2, -0.15) is 5.26 Å². The van der Waals surface area contributed by atoms with Gasteiger partial charge in [0.15, 0.2) is 11.5 Å². The largest absolute Gasteiger partial charge is 0.494 e. The van der Waals surface area contributed by atoms with Crippen LogP contribution in [0.2, 0.25) is 0 Å². The van der Waals surface area contributed by atoms with Gasteiger partial charge in [0.25, 0.3) is 5.69 Å². The van der Waals surface area contributed by atoms with E-state index in [0.29, 0.717) is 11.8 Å². The molecule has 3 aromatic rings. The van der Waals surface area contributed by atoms with Crippen molar-refractivity contribution in [2.24, 2.45) is 10.2 Å². The Morgan fingerprint density at radius 1 is 1.02 bits per heavy atom. The molecule has 0 saturated heterocycles. The smallest absolute Gasteiger partial charge is 0.308 e. The van der Waals surface area contributed by atoms with E-state index >= 15 is 0 Å². The molecule has 3 rings (SSSR count). The van der Waals surface area contributed by atoms with Crippen LogP contribution >= 0.6 is 0 Å². The van der Waals surface area contributed by atoms with E-state index in [1.807, 2.05) is 30.3 Å². The van der Waals surface area contributed by atoms with Crippen molar-refractivity contribution in [1.29, 1.82) is 5.26 Å². The second kappa shape index (κ2) is 15.3. The van der Waals surface area contributed by atoms with E-state index in [2.05, 4.69) is 15.5 Å². The Hall–Kier alpha value is -6.24. The van der Waals surface area contributed by atoms with Crippen molar-refractivity contribution in [3.63, 3.8) is 0 Å². The van der Waals surface area contributed by atoms with Gasteiger partial charge in [0.2, 0.25) is 5.91 Å². The number of nitro benzene ring substituents is 2. The number of esters is 1. The van der Waals surface area contributed by atoms with Crippen LogP contribution in [0.5, 0.6) is 5.75 Å². The van der Waals surface area contributed by atoms with Gasteiger partial charge in [0.1, 0.15) is 24.1 Å². The number of ketones is 1. The number of rotatable bonds is 14. The standard InChI is InChI=1S/C29H27N7O9/c1-18(37)17-45-28(39)9-10-34(16-20-7-5-4-6-8-20)25-13-23(31-19(2)38)24(14-27(25)44-3)32-33-29-21(15-30)11-22(35(40)41)12-26(29)36(42)43/h4-8,11-14H,9-10,16-17H2,1-3H3,(H,31,38). The quantitative estimate of drug-likeness (QED) is 0.106. The number of nitrogens with zero attached hydrogens (tertiary/aromatic N) is 6. The second-order valence-corrected chi connectivity index (χ2v) is 9.43. The van der Waals surface area contributed by atoms with Crippen molar-refractivity contribution < 1.29 is 33.7 Å². The van der Waals surface area contributed by atoms with E-state index in [0.717, 1.165) is 11.6 Å². The molecule has 1 amide bonds. The Labute approximate surface area is 256 Å². The maximum atomic E-state index is 12.3. The molecule has 0 aromatic heterocycles. The summed E-state index contributed by atoms with van der Waals surface area (Å²) in [5.74, 6) is -1.20. The number of benzene rings is 3. The van der Waals surface area contributed by atoms with Crippen LogP contribution in [0.15, 0.2) is 64.8 Å². The number of Topliss-reactive ketones (excluding diaryl/α,β-unsaturated/α-hetero) is 1. The molecule has 0 heterocycles. The maximum Gasteiger partial charge on any atom is 0.308 e. The molecule has 16 nitrogen and oxygen atoms in total. The summed E-state index contributed by atoms with van der Waals surface area (Å²) < 4.78 is 10.6. The Bertz CT molecular complexity index is 1700. The van der Waals surface area contributed by atoms with Gasteiger partial charge >= 0.3 is 11.7 Å². The van der Waals surface area contributed by atoms with Crippen LogP contribution in [-0.2, 0) is 25.7 Å². The average Bonchev–Trinajstić information content (AvgIpc) is 3.00. The fourth-order valence-electron chi connectivity index (χ4n) is 4.05. The van der Waals surface area contributed by atoms with Crippen molar-refractivity contribution in [2.75, 3.05) is 30.5 Å². The first kappa shape index (κ1) is 33.3. The monoisotopic (exact) mass is 617 g/mol. The summed E-state index contributed by atoms with van der Waals surface area (Å²) in [6, 6.07) is 15.3. The van der Waals surface area contributed by atoms with Crippen molar-refractivity contribution in [2.45, 2.75) is 26.8 Å².